The largest absolute Gasteiger partial charge is 0.395 e. The highest BCUT2D eigenvalue weighted by Crippen LogP contribution is 2.38. The van der Waals surface area contributed by atoms with E-state index in [1.165, 1.54) is 25.7 Å². The summed E-state index contributed by atoms with van der Waals surface area (Å²) in [6.45, 7) is 0.0207. The van der Waals surface area contributed by atoms with Crippen LogP contribution in [-0.2, 0) is 5.41 Å². The molecular formula is C15H21BrO2. The molecule has 2 rings (SSSR count). The second kappa shape index (κ2) is 6.18. The lowest BCUT2D eigenvalue weighted by molar-refractivity contribution is 0.0954. The van der Waals surface area contributed by atoms with E-state index in [1.54, 1.807) is 0 Å². The number of hydrogen-bond donors (Lipinski definition) is 2. The Morgan fingerprint density at radius 1 is 1.17 bits per heavy atom. The fourth-order valence-corrected chi connectivity index (χ4v) is 3.46. The smallest absolute Gasteiger partial charge is 0.0550 e. The van der Waals surface area contributed by atoms with Crippen molar-refractivity contribution in [1.82, 2.24) is 0 Å². The van der Waals surface area contributed by atoms with Gasteiger partial charge in [0.05, 0.1) is 13.2 Å². The molecule has 1 aromatic rings. The molecule has 1 fully saturated rings. The first kappa shape index (κ1) is 14.0. The van der Waals surface area contributed by atoms with E-state index in [-0.39, 0.29) is 13.2 Å². The van der Waals surface area contributed by atoms with Crippen LogP contribution >= 0.6 is 15.9 Å². The highest BCUT2D eigenvalue weighted by molar-refractivity contribution is 9.10. The van der Waals surface area contributed by atoms with Gasteiger partial charge in [-0.3, -0.25) is 0 Å². The summed E-state index contributed by atoms with van der Waals surface area (Å²) >= 11 is 3.46. The summed E-state index contributed by atoms with van der Waals surface area (Å²) in [5.41, 5.74) is 0.549. The van der Waals surface area contributed by atoms with E-state index in [4.69, 9.17) is 0 Å². The monoisotopic (exact) mass is 312 g/mol. The van der Waals surface area contributed by atoms with E-state index in [2.05, 4.69) is 15.9 Å². The van der Waals surface area contributed by atoms with Gasteiger partial charge in [-0.15, -0.1) is 0 Å². The first-order chi connectivity index (χ1) is 8.70. The molecule has 3 heteroatoms. The molecular weight excluding hydrogens is 292 g/mol. The molecule has 0 atom stereocenters. The molecule has 18 heavy (non-hydrogen) atoms. The molecule has 1 aromatic carbocycles. The van der Waals surface area contributed by atoms with Gasteiger partial charge < -0.3 is 10.2 Å². The summed E-state index contributed by atoms with van der Waals surface area (Å²) in [5.74, 6) is 0.642. The number of benzene rings is 1. The molecule has 0 radical (unpaired) electrons. The first-order valence-corrected chi connectivity index (χ1v) is 7.47. The van der Waals surface area contributed by atoms with Crippen LogP contribution in [0.15, 0.2) is 28.7 Å². The topological polar surface area (TPSA) is 40.5 Å². The van der Waals surface area contributed by atoms with Crippen LogP contribution in [0.25, 0.3) is 0 Å². The number of aliphatic hydroxyl groups excluding tert-OH is 2. The number of halogens is 1. The second-order valence-electron chi connectivity index (χ2n) is 5.46. The Kier molecular flexibility index (Phi) is 4.82. The lowest BCUT2D eigenvalue weighted by atomic mass is 9.74. The van der Waals surface area contributed by atoms with Gasteiger partial charge in [0, 0.05) is 9.89 Å². The molecule has 0 saturated heterocycles. The van der Waals surface area contributed by atoms with Crippen molar-refractivity contribution in [3.8, 4) is 0 Å². The van der Waals surface area contributed by atoms with Gasteiger partial charge in [0.2, 0.25) is 0 Å². The van der Waals surface area contributed by atoms with Gasteiger partial charge in [-0.25, -0.2) is 0 Å². The minimum absolute atomic E-state index is 0.0104. The van der Waals surface area contributed by atoms with E-state index >= 15 is 0 Å². The molecule has 0 unspecified atom stereocenters. The van der Waals surface area contributed by atoms with Gasteiger partial charge >= 0.3 is 0 Å². The number of aliphatic hydroxyl groups is 2. The highest BCUT2D eigenvalue weighted by Gasteiger charge is 2.34. The van der Waals surface area contributed by atoms with Gasteiger partial charge in [-0.1, -0.05) is 53.7 Å². The van der Waals surface area contributed by atoms with Crippen molar-refractivity contribution < 1.29 is 10.2 Å². The van der Waals surface area contributed by atoms with E-state index < -0.39 is 5.41 Å². The summed E-state index contributed by atoms with van der Waals surface area (Å²) in [6, 6.07) is 7.96. The standard InChI is InChI=1S/C15H21BrO2/c16-14-7-3-6-13(8-14)15(10-17,11-18)9-12-4-1-2-5-12/h3,6-8,12,17-18H,1-2,4-5,9-11H2. The van der Waals surface area contributed by atoms with Gasteiger partial charge in [0.1, 0.15) is 0 Å². The maximum absolute atomic E-state index is 9.81. The zero-order valence-corrected chi connectivity index (χ0v) is 12.2. The SMILES string of the molecule is OCC(CO)(CC1CCCC1)c1cccc(Br)c1. The van der Waals surface area contributed by atoms with Crippen molar-refractivity contribution in [1.29, 1.82) is 0 Å². The van der Waals surface area contributed by atoms with Gasteiger partial charge in [-0.05, 0) is 30.0 Å². The average molecular weight is 313 g/mol. The summed E-state index contributed by atoms with van der Waals surface area (Å²) in [4.78, 5) is 0. The Labute approximate surface area is 117 Å². The Morgan fingerprint density at radius 3 is 2.39 bits per heavy atom. The fraction of sp³-hybridized carbons (Fsp3) is 0.600. The molecule has 0 bridgehead atoms. The first-order valence-electron chi connectivity index (χ1n) is 6.68. The molecule has 1 saturated carbocycles. The minimum atomic E-state index is -0.487. The lowest BCUT2D eigenvalue weighted by Gasteiger charge is -2.33. The van der Waals surface area contributed by atoms with E-state index in [0.29, 0.717) is 5.92 Å². The van der Waals surface area contributed by atoms with Gasteiger partial charge in [-0.2, -0.15) is 0 Å². The van der Waals surface area contributed by atoms with Crippen LogP contribution in [-0.4, -0.2) is 23.4 Å². The van der Waals surface area contributed by atoms with Crippen molar-refractivity contribution in [3.63, 3.8) is 0 Å². The quantitative estimate of drug-likeness (QED) is 0.876. The van der Waals surface area contributed by atoms with Crippen molar-refractivity contribution in [2.45, 2.75) is 37.5 Å². The third-order valence-corrected chi connectivity index (χ3v) is 4.69. The predicted molar refractivity (Wildman–Crippen MR) is 76.6 cm³/mol. The van der Waals surface area contributed by atoms with Crippen molar-refractivity contribution >= 4 is 15.9 Å². The van der Waals surface area contributed by atoms with Crippen LogP contribution < -0.4 is 0 Å². The predicted octanol–water partition coefficient (Wildman–Crippen LogP) is 3.25. The average Bonchev–Trinajstić information content (AvgIpc) is 2.89. The van der Waals surface area contributed by atoms with Gasteiger partial charge in [0.15, 0.2) is 0 Å². The van der Waals surface area contributed by atoms with Crippen LogP contribution in [0.2, 0.25) is 0 Å². The van der Waals surface area contributed by atoms with Crippen molar-refractivity contribution in [2.24, 2.45) is 5.92 Å². The maximum Gasteiger partial charge on any atom is 0.0550 e. The molecule has 0 aliphatic heterocycles. The Hall–Kier alpha value is -0.380. The third kappa shape index (κ3) is 2.95. The fourth-order valence-electron chi connectivity index (χ4n) is 3.06. The summed E-state index contributed by atoms with van der Waals surface area (Å²) in [6.07, 6.45) is 5.92. The second-order valence-corrected chi connectivity index (χ2v) is 6.38. The maximum atomic E-state index is 9.81. The molecule has 2 nitrogen and oxygen atoms in total. The van der Waals surface area contributed by atoms with Crippen LogP contribution in [0, 0.1) is 5.92 Å². The third-order valence-electron chi connectivity index (χ3n) is 4.20. The molecule has 0 spiro atoms. The molecule has 0 amide bonds. The van der Waals surface area contributed by atoms with Gasteiger partial charge in [0.25, 0.3) is 0 Å². The van der Waals surface area contributed by atoms with Crippen LogP contribution in [0.3, 0.4) is 0 Å². The molecule has 1 aliphatic rings. The van der Waals surface area contributed by atoms with Crippen molar-refractivity contribution in [2.75, 3.05) is 13.2 Å². The number of rotatable bonds is 5. The summed E-state index contributed by atoms with van der Waals surface area (Å²) in [5, 5.41) is 19.6. The molecule has 1 aliphatic carbocycles. The molecule has 0 heterocycles. The molecule has 100 valence electrons. The zero-order chi connectivity index (χ0) is 13.0. The van der Waals surface area contributed by atoms with E-state index in [0.717, 1.165) is 16.5 Å². The summed E-state index contributed by atoms with van der Waals surface area (Å²) < 4.78 is 0.998. The highest BCUT2D eigenvalue weighted by atomic mass is 79.9. The molecule has 2 N–H and O–H groups in total. The minimum Gasteiger partial charge on any atom is -0.395 e. The van der Waals surface area contributed by atoms with Crippen LogP contribution in [0.1, 0.15) is 37.7 Å². The Morgan fingerprint density at radius 2 is 1.83 bits per heavy atom. The van der Waals surface area contributed by atoms with E-state index in [9.17, 15) is 10.2 Å². The van der Waals surface area contributed by atoms with Crippen molar-refractivity contribution in [3.05, 3.63) is 34.3 Å². The normalized spacial score (nSPS) is 17.3. The van der Waals surface area contributed by atoms with Crippen LogP contribution in [0.5, 0.6) is 0 Å². The summed E-state index contributed by atoms with van der Waals surface area (Å²) in [7, 11) is 0. The Bertz CT molecular complexity index is 382. The van der Waals surface area contributed by atoms with Crippen LogP contribution in [0.4, 0.5) is 0 Å². The lowest BCUT2D eigenvalue weighted by Crippen LogP contribution is -2.36. The molecule has 0 aromatic heterocycles. The zero-order valence-electron chi connectivity index (χ0n) is 10.6. The van der Waals surface area contributed by atoms with E-state index in [1.807, 2.05) is 24.3 Å². The number of hydrogen-bond acceptors (Lipinski definition) is 2. The Balaban J connectivity index is 2.24.